The number of carbonyl (C=O) groups excluding carboxylic acids is 1. The van der Waals surface area contributed by atoms with E-state index in [1.807, 2.05) is 43.0 Å². The van der Waals surface area contributed by atoms with Crippen LogP contribution in [0.1, 0.15) is 25.8 Å². The molecule has 4 nitrogen and oxygen atoms in total. The summed E-state index contributed by atoms with van der Waals surface area (Å²) >= 11 is 0. The predicted octanol–water partition coefficient (Wildman–Crippen LogP) is 1.78. The lowest BCUT2D eigenvalue weighted by Gasteiger charge is -2.26. The molecule has 1 fully saturated rings. The third kappa shape index (κ3) is 2.29. The van der Waals surface area contributed by atoms with E-state index in [1.165, 1.54) is 0 Å². The molecule has 2 atom stereocenters. The maximum Gasteiger partial charge on any atom is 0.233 e. The van der Waals surface area contributed by atoms with E-state index >= 15 is 0 Å². The summed E-state index contributed by atoms with van der Waals surface area (Å²) in [7, 11) is 1.64. The van der Waals surface area contributed by atoms with Crippen LogP contribution in [0.3, 0.4) is 0 Å². The lowest BCUT2D eigenvalue weighted by molar-refractivity contribution is -0.134. The number of methoxy groups -OCH3 is 1. The minimum absolute atomic E-state index is 0.211. The number of ether oxygens (including phenoxy) is 1. The van der Waals surface area contributed by atoms with Gasteiger partial charge in [0.15, 0.2) is 0 Å². The summed E-state index contributed by atoms with van der Waals surface area (Å²) in [4.78, 5) is 14.8. The number of likely N-dealkylation sites (N-methyl/N-ethyl adjacent to an activating group) is 1. The highest BCUT2D eigenvalue weighted by Crippen LogP contribution is 2.55. The van der Waals surface area contributed by atoms with Crippen LogP contribution in [0.2, 0.25) is 0 Å². The van der Waals surface area contributed by atoms with Crippen molar-refractivity contribution in [1.29, 1.82) is 0 Å². The van der Waals surface area contributed by atoms with Gasteiger partial charge in [-0.05, 0) is 50.4 Å². The van der Waals surface area contributed by atoms with E-state index in [0.29, 0.717) is 6.54 Å². The van der Waals surface area contributed by atoms with Crippen molar-refractivity contribution in [2.24, 2.45) is 11.7 Å². The van der Waals surface area contributed by atoms with Crippen LogP contribution in [0, 0.1) is 5.92 Å². The molecule has 1 aromatic rings. The van der Waals surface area contributed by atoms with Crippen molar-refractivity contribution in [2.45, 2.75) is 25.7 Å². The van der Waals surface area contributed by atoms with Crippen molar-refractivity contribution < 1.29 is 9.53 Å². The summed E-state index contributed by atoms with van der Waals surface area (Å²) < 4.78 is 5.19. The van der Waals surface area contributed by atoms with Crippen molar-refractivity contribution in [1.82, 2.24) is 4.90 Å². The summed E-state index contributed by atoms with van der Waals surface area (Å²) in [6.45, 7) is 6.07. The van der Waals surface area contributed by atoms with E-state index in [2.05, 4.69) is 0 Å². The molecule has 1 saturated carbocycles. The van der Waals surface area contributed by atoms with Crippen LogP contribution in [0.5, 0.6) is 5.75 Å². The van der Waals surface area contributed by atoms with Gasteiger partial charge in [-0.25, -0.2) is 0 Å². The van der Waals surface area contributed by atoms with Gasteiger partial charge in [0, 0.05) is 13.1 Å². The highest BCUT2D eigenvalue weighted by atomic mass is 16.5. The minimum Gasteiger partial charge on any atom is -0.497 e. The number of amides is 1. The molecule has 0 bridgehead atoms. The Morgan fingerprint density at radius 3 is 2.35 bits per heavy atom. The standard InChI is InChI=1S/C16H24N2O2/c1-4-18(5-2)15(19)16(10-13(16)11-17)12-6-8-14(20-3)9-7-12/h6-9,13H,4-5,10-11,17H2,1-3H3/t13-,16+/m0/s1. The molecule has 4 heteroatoms. The molecule has 110 valence electrons. The second-order valence-electron chi connectivity index (χ2n) is 5.31. The van der Waals surface area contributed by atoms with E-state index in [-0.39, 0.29) is 11.8 Å². The van der Waals surface area contributed by atoms with Crippen molar-refractivity contribution >= 4 is 5.91 Å². The number of hydrogen-bond donors (Lipinski definition) is 1. The summed E-state index contributed by atoms with van der Waals surface area (Å²) in [5, 5.41) is 0. The van der Waals surface area contributed by atoms with E-state index in [4.69, 9.17) is 10.5 Å². The maximum atomic E-state index is 12.9. The molecule has 0 saturated heterocycles. The molecule has 0 spiro atoms. The van der Waals surface area contributed by atoms with Crippen molar-refractivity contribution in [3.05, 3.63) is 29.8 Å². The topological polar surface area (TPSA) is 55.6 Å². The van der Waals surface area contributed by atoms with Gasteiger partial charge in [0.2, 0.25) is 5.91 Å². The number of rotatable bonds is 6. The Hall–Kier alpha value is -1.55. The third-order valence-corrected chi connectivity index (χ3v) is 4.43. The molecule has 1 amide bonds. The molecule has 0 aliphatic heterocycles. The number of carbonyl (C=O) groups is 1. The van der Waals surface area contributed by atoms with Gasteiger partial charge >= 0.3 is 0 Å². The second-order valence-corrected chi connectivity index (χ2v) is 5.31. The predicted molar refractivity (Wildman–Crippen MR) is 79.8 cm³/mol. The summed E-state index contributed by atoms with van der Waals surface area (Å²) in [6, 6.07) is 7.82. The second kappa shape index (κ2) is 5.83. The zero-order valence-corrected chi connectivity index (χ0v) is 12.6. The maximum absolute atomic E-state index is 12.9. The number of nitrogens with two attached hydrogens (primary N) is 1. The molecule has 0 radical (unpaired) electrons. The Bertz CT molecular complexity index is 468. The van der Waals surface area contributed by atoms with Crippen LogP contribution >= 0.6 is 0 Å². The van der Waals surface area contributed by atoms with E-state index in [9.17, 15) is 4.79 Å². The summed E-state index contributed by atoms with van der Waals surface area (Å²) in [5.41, 5.74) is 6.48. The van der Waals surface area contributed by atoms with Gasteiger partial charge in [0.1, 0.15) is 5.75 Å². The fourth-order valence-electron chi connectivity index (χ4n) is 3.03. The first kappa shape index (κ1) is 14.9. The Kier molecular flexibility index (Phi) is 4.33. The highest BCUT2D eigenvalue weighted by Gasteiger charge is 2.61. The van der Waals surface area contributed by atoms with Crippen molar-refractivity contribution in [3.63, 3.8) is 0 Å². The fraction of sp³-hybridized carbons (Fsp3) is 0.562. The molecule has 20 heavy (non-hydrogen) atoms. The molecule has 1 aliphatic rings. The first-order chi connectivity index (χ1) is 9.63. The SMILES string of the molecule is CCN(CC)C(=O)[C@@]1(c2ccc(OC)cc2)C[C@H]1CN. The van der Waals surface area contributed by atoms with Gasteiger partial charge < -0.3 is 15.4 Å². The van der Waals surface area contributed by atoms with Crippen molar-refractivity contribution in [3.8, 4) is 5.75 Å². The zero-order chi connectivity index (χ0) is 14.8. The van der Waals surface area contributed by atoms with Gasteiger partial charge in [-0.3, -0.25) is 4.79 Å². The number of hydrogen-bond acceptors (Lipinski definition) is 3. The Morgan fingerprint density at radius 2 is 1.95 bits per heavy atom. The molecule has 0 heterocycles. The lowest BCUT2D eigenvalue weighted by atomic mass is 9.91. The molecule has 0 aromatic heterocycles. The monoisotopic (exact) mass is 276 g/mol. The smallest absolute Gasteiger partial charge is 0.233 e. The van der Waals surface area contributed by atoms with Crippen LogP contribution in [0.25, 0.3) is 0 Å². The molecule has 1 aromatic carbocycles. The average molecular weight is 276 g/mol. The quantitative estimate of drug-likeness (QED) is 0.861. The molecule has 0 unspecified atom stereocenters. The average Bonchev–Trinajstić information content (AvgIpc) is 3.24. The van der Waals surface area contributed by atoms with Crippen LogP contribution in [-0.2, 0) is 10.2 Å². The van der Waals surface area contributed by atoms with Crippen LogP contribution < -0.4 is 10.5 Å². The number of benzene rings is 1. The minimum atomic E-state index is -0.410. The third-order valence-electron chi connectivity index (χ3n) is 4.43. The Morgan fingerprint density at radius 1 is 1.35 bits per heavy atom. The van der Waals surface area contributed by atoms with Gasteiger partial charge in [-0.2, -0.15) is 0 Å². The first-order valence-electron chi connectivity index (χ1n) is 7.28. The van der Waals surface area contributed by atoms with Gasteiger partial charge in [-0.15, -0.1) is 0 Å². The molecule has 1 aliphatic carbocycles. The fourth-order valence-corrected chi connectivity index (χ4v) is 3.03. The van der Waals surface area contributed by atoms with Crippen LogP contribution in [0.4, 0.5) is 0 Å². The zero-order valence-electron chi connectivity index (χ0n) is 12.6. The van der Waals surface area contributed by atoms with E-state index in [0.717, 1.165) is 30.8 Å². The highest BCUT2D eigenvalue weighted by molar-refractivity contribution is 5.92. The summed E-state index contributed by atoms with van der Waals surface area (Å²) in [6.07, 6.45) is 0.852. The van der Waals surface area contributed by atoms with Crippen LogP contribution in [-0.4, -0.2) is 37.6 Å². The molecular formula is C16H24N2O2. The number of nitrogens with zero attached hydrogens (tertiary/aromatic N) is 1. The summed E-state index contributed by atoms with van der Waals surface area (Å²) in [5.74, 6) is 1.27. The Balaban J connectivity index is 2.32. The first-order valence-corrected chi connectivity index (χ1v) is 7.28. The lowest BCUT2D eigenvalue weighted by Crippen LogP contribution is -2.40. The molecule has 2 N–H and O–H groups in total. The van der Waals surface area contributed by atoms with Crippen LogP contribution in [0.15, 0.2) is 24.3 Å². The van der Waals surface area contributed by atoms with Gasteiger partial charge in [-0.1, -0.05) is 12.1 Å². The Labute approximate surface area is 120 Å². The molecule has 2 rings (SSSR count). The van der Waals surface area contributed by atoms with E-state index in [1.54, 1.807) is 7.11 Å². The largest absolute Gasteiger partial charge is 0.497 e. The van der Waals surface area contributed by atoms with Gasteiger partial charge in [0.05, 0.1) is 12.5 Å². The normalized spacial score (nSPS) is 24.3. The molecular weight excluding hydrogens is 252 g/mol. The van der Waals surface area contributed by atoms with Crippen molar-refractivity contribution in [2.75, 3.05) is 26.7 Å². The van der Waals surface area contributed by atoms with Gasteiger partial charge in [0.25, 0.3) is 0 Å². The van der Waals surface area contributed by atoms with E-state index < -0.39 is 5.41 Å².